The minimum atomic E-state index is -0.549. The molecule has 0 bridgehead atoms. The Hall–Kier alpha value is -3.60. The number of aryl methyl sites for hydroxylation is 1. The van der Waals surface area contributed by atoms with Crippen molar-refractivity contribution in [3.05, 3.63) is 90.0 Å². The van der Waals surface area contributed by atoms with E-state index in [1.54, 1.807) is 0 Å². The summed E-state index contributed by atoms with van der Waals surface area (Å²) in [7, 11) is 0. The molecule has 5 heteroatoms. The number of rotatable bonds is 6. The summed E-state index contributed by atoms with van der Waals surface area (Å²) in [5.74, 6) is 0.0270. The Morgan fingerprint density at radius 3 is 2.20 bits per heavy atom. The Kier molecular flexibility index (Phi) is 5.80. The third-order valence-electron chi connectivity index (χ3n) is 5.28. The first-order valence-electron chi connectivity index (χ1n) is 10.2. The van der Waals surface area contributed by atoms with Crippen LogP contribution in [0.2, 0.25) is 0 Å². The van der Waals surface area contributed by atoms with Crippen molar-refractivity contribution in [3.63, 3.8) is 0 Å². The van der Waals surface area contributed by atoms with Crippen molar-refractivity contribution in [2.45, 2.75) is 25.8 Å². The van der Waals surface area contributed by atoms with Crippen molar-refractivity contribution >= 4 is 28.9 Å². The zero-order valence-corrected chi connectivity index (χ0v) is 17.0. The molecule has 2 N–H and O–H groups in total. The van der Waals surface area contributed by atoms with E-state index in [9.17, 15) is 9.59 Å². The van der Waals surface area contributed by atoms with E-state index in [1.807, 2.05) is 90.7 Å². The van der Waals surface area contributed by atoms with Gasteiger partial charge in [-0.15, -0.1) is 0 Å². The maximum atomic E-state index is 13.1. The van der Waals surface area contributed by atoms with Crippen LogP contribution in [0.4, 0.5) is 17.1 Å². The summed E-state index contributed by atoms with van der Waals surface area (Å²) >= 11 is 0. The van der Waals surface area contributed by atoms with Gasteiger partial charge in [-0.25, -0.2) is 0 Å². The van der Waals surface area contributed by atoms with Crippen molar-refractivity contribution in [1.82, 2.24) is 0 Å². The summed E-state index contributed by atoms with van der Waals surface area (Å²) in [6.07, 6.45) is 1.50. The zero-order chi connectivity index (χ0) is 20.9. The standard InChI is InChI=1S/C25H25N3O2/c1-18-9-11-21(12-10-18)27-25(30)24(19-6-3-2-4-7-19)26-20-13-15-22(16-14-20)28-17-5-8-23(28)29/h2-4,6-7,9-16,24,26H,5,8,17H2,1H3,(H,27,30)/t24-/m0/s1. The monoisotopic (exact) mass is 399 g/mol. The third-order valence-corrected chi connectivity index (χ3v) is 5.28. The number of hydrogen-bond acceptors (Lipinski definition) is 3. The summed E-state index contributed by atoms with van der Waals surface area (Å²) in [4.78, 5) is 26.9. The van der Waals surface area contributed by atoms with Crippen molar-refractivity contribution < 1.29 is 9.59 Å². The Balaban J connectivity index is 1.53. The molecular formula is C25H25N3O2. The van der Waals surface area contributed by atoms with Gasteiger partial charge in [-0.05, 0) is 55.3 Å². The first-order chi connectivity index (χ1) is 14.6. The third kappa shape index (κ3) is 4.51. The maximum absolute atomic E-state index is 13.1. The second-order valence-electron chi connectivity index (χ2n) is 7.54. The van der Waals surface area contributed by atoms with Crippen LogP contribution in [0.15, 0.2) is 78.9 Å². The first kappa shape index (κ1) is 19.7. The molecule has 1 atom stereocenters. The van der Waals surface area contributed by atoms with Gasteiger partial charge >= 0.3 is 0 Å². The average Bonchev–Trinajstić information content (AvgIpc) is 3.20. The summed E-state index contributed by atoms with van der Waals surface area (Å²) < 4.78 is 0. The summed E-state index contributed by atoms with van der Waals surface area (Å²) in [5, 5.41) is 6.34. The number of hydrogen-bond donors (Lipinski definition) is 2. The van der Waals surface area contributed by atoms with Gasteiger partial charge in [0.2, 0.25) is 5.91 Å². The Morgan fingerprint density at radius 2 is 1.57 bits per heavy atom. The molecule has 5 nitrogen and oxygen atoms in total. The molecule has 1 fully saturated rings. The smallest absolute Gasteiger partial charge is 0.251 e. The van der Waals surface area contributed by atoms with E-state index in [0.29, 0.717) is 6.42 Å². The van der Waals surface area contributed by atoms with Gasteiger partial charge in [0.1, 0.15) is 6.04 Å². The molecule has 30 heavy (non-hydrogen) atoms. The maximum Gasteiger partial charge on any atom is 0.251 e. The quantitative estimate of drug-likeness (QED) is 0.619. The highest BCUT2D eigenvalue weighted by atomic mass is 16.2. The van der Waals surface area contributed by atoms with Crippen LogP contribution in [0.25, 0.3) is 0 Å². The van der Waals surface area contributed by atoms with Gasteiger partial charge in [0.05, 0.1) is 0 Å². The topological polar surface area (TPSA) is 61.4 Å². The van der Waals surface area contributed by atoms with Crippen molar-refractivity contribution in [3.8, 4) is 0 Å². The highest BCUT2D eigenvalue weighted by Gasteiger charge is 2.23. The zero-order valence-electron chi connectivity index (χ0n) is 17.0. The predicted octanol–water partition coefficient (Wildman–Crippen LogP) is 4.91. The minimum absolute atomic E-state index is 0.135. The summed E-state index contributed by atoms with van der Waals surface area (Å²) in [6, 6.07) is 24.5. The van der Waals surface area contributed by atoms with Crippen LogP contribution in [0.5, 0.6) is 0 Å². The second-order valence-corrected chi connectivity index (χ2v) is 7.54. The fourth-order valence-electron chi connectivity index (χ4n) is 3.62. The van der Waals surface area contributed by atoms with Crippen LogP contribution >= 0.6 is 0 Å². The van der Waals surface area contributed by atoms with Gasteiger partial charge in [0, 0.05) is 30.0 Å². The van der Waals surface area contributed by atoms with Gasteiger partial charge in [-0.2, -0.15) is 0 Å². The largest absolute Gasteiger partial charge is 0.370 e. The minimum Gasteiger partial charge on any atom is -0.370 e. The Bertz CT molecular complexity index is 1010. The van der Waals surface area contributed by atoms with E-state index in [0.717, 1.165) is 41.2 Å². The average molecular weight is 399 g/mol. The number of nitrogens with one attached hydrogen (secondary N) is 2. The van der Waals surface area contributed by atoms with Gasteiger partial charge in [0.15, 0.2) is 0 Å². The highest BCUT2D eigenvalue weighted by molar-refractivity contribution is 5.98. The molecule has 2 amide bonds. The molecule has 0 radical (unpaired) electrons. The Morgan fingerprint density at radius 1 is 0.900 bits per heavy atom. The fraction of sp³-hybridized carbons (Fsp3) is 0.200. The van der Waals surface area contributed by atoms with E-state index in [-0.39, 0.29) is 11.8 Å². The number of carbonyl (C=O) groups excluding carboxylic acids is 2. The predicted molar refractivity (Wildman–Crippen MR) is 121 cm³/mol. The molecule has 1 aliphatic heterocycles. The van der Waals surface area contributed by atoms with Gasteiger partial charge in [-0.3, -0.25) is 9.59 Å². The van der Waals surface area contributed by atoms with Gasteiger partial charge in [0.25, 0.3) is 5.91 Å². The lowest BCUT2D eigenvalue weighted by Gasteiger charge is -2.21. The van der Waals surface area contributed by atoms with E-state index < -0.39 is 6.04 Å². The normalized spacial score (nSPS) is 14.4. The van der Waals surface area contributed by atoms with Crippen LogP contribution in [-0.4, -0.2) is 18.4 Å². The van der Waals surface area contributed by atoms with E-state index in [2.05, 4.69) is 10.6 Å². The molecule has 4 rings (SSSR count). The highest BCUT2D eigenvalue weighted by Crippen LogP contribution is 2.26. The number of benzene rings is 3. The van der Waals surface area contributed by atoms with Gasteiger partial charge in [-0.1, -0.05) is 48.0 Å². The molecule has 3 aromatic rings. The lowest BCUT2D eigenvalue weighted by Crippen LogP contribution is -2.27. The molecule has 1 saturated heterocycles. The first-order valence-corrected chi connectivity index (χ1v) is 10.2. The molecule has 1 aliphatic rings. The molecular weight excluding hydrogens is 374 g/mol. The molecule has 0 saturated carbocycles. The van der Waals surface area contributed by atoms with Crippen LogP contribution in [0.3, 0.4) is 0 Å². The van der Waals surface area contributed by atoms with Crippen LogP contribution in [0.1, 0.15) is 30.0 Å². The van der Waals surface area contributed by atoms with Crippen molar-refractivity contribution in [2.75, 3.05) is 22.1 Å². The fourth-order valence-corrected chi connectivity index (χ4v) is 3.62. The summed E-state index contributed by atoms with van der Waals surface area (Å²) in [6.45, 7) is 2.77. The van der Waals surface area contributed by atoms with Crippen molar-refractivity contribution in [2.24, 2.45) is 0 Å². The van der Waals surface area contributed by atoms with Crippen molar-refractivity contribution in [1.29, 1.82) is 0 Å². The van der Waals surface area contributed by atoms with E-state index >= 15 is 0 Å². The van der Waals surface area contributed by atoms with Crippen LogP contribution in [-0.2, 0) is 9.59 Å². The van der Waals surface area contributed by atoms with Crippen LogP contribution < -0.4 is 15.5 Å². The number of carbonyl (C=O) groups is 2. The molecule has 0 unspecified atom stereocenters. The Labute approximate surface area is 176 Å². The lowest BCUT2D eigenvalue weighted by atomic mass is 10.1. The summed E-state index contributed by atoms with van der Waals surface area (Å²) in [5.41, 5.74) is 4.49. The molecule has 0 aromatic heterocycles. The number of anilines is 3. The molecule has 0 spiro atoms. The molecule has 0 aliphatic carbocycles. The van der Waals surface area contributed by atoms with Crippen LogP contribution in [0, 0.1) is 6.92 Å². The molecule has 1 heterocycles. The number of nitrogens with zero attached hydrogens (tertiary/aromatic N) is 1. The SMILES string of the molecule is Cc1ccc(NC(=O)[C@@H](Nc2ccc(N3CCCC3=O)cc2)c2ccccc2)cc1. The number of amides is 2. The molecule has 152 valence electrons. The second kappa shape index (κ2) is 8.82. The molecule has 3 aromatic carbocycles. The van der Waals surface area contributed by atoms with E-state index in [4.69, 9.17) is 0 Å². The lowest BCUT2D eigenvalue weighted by molar-refractivity contribution is -0.117. The van der Waals surface area contributed by atoms with E-state index in [1.165, 1.54) is 0 Å². The van der Waals surface area contributed by atoms with Gasteiger partial charge < -0.3 is 15.5 Å².